The van der Waals surface area contributed by atoms with E-state index in [9.17, 15) is 9.59 Å². The Morgan fingerprint density at radius 3 is 2.50 bits per heavy atom. The molecule has 2 N–H and O–H groups in total. The second kappa shape index (κ2) is 12.3. The summed E-state index contributed by atoms with van der Waals surface area (Å²) in [5.41, 5.74) is 1.68. The largest absolute Gasteiger partial charge is 0.497 e. The summed E-state index contributed by atoms with van der Waals surface area (Å²) in [6.07, 6.45) is 0.752. The molecule has 186 valence electrons. The number of aryl methyl sites for hydroxylation is 2. The van der Waals surface area contributed by atoms with Crippen molar-refractivity contribution in [1.29, 1.82) is 0 Å². The molecule has 2 aromatic heterocycles. The van der Waals surface area contributed by atoms with Crippen molar-refractivity contribution >= 4 is 40.0 Å². The predicted octanol–water partition coefficient (Wildman–Crippen LogP) is 3.35. The lowest BCUT2D eigenvalue weighted by Gasteiger charge is -2.11. The molecule has 0 saturated carbocycles. The molecule has 10 nitrogen and oxygen atoms in total. The van der Waals surface area contributed by atoms with Gasteiger partial charge in [0.2, 0.25) is 11.0 Å². The summed E-state index contributed by atoms with van der Waals surface area (Å²) < 4.78 is 7.08. The molecule has 4 aromatic rings. The van der Waals surface area contributed by atoms with Gasteiger partial charge >= 0.3 is 0 Å². The Labute approximate surface area is 216 Å². The van der Waals surface area contributed by atoms with Gasteiger partial charge in [0, 0.05) is 12.1 Å². The third kappa shape index (κ3) is 6.89. The highest BCUT2D eigenvalue weighted by molar-refractivity contribution is 7.99. The Kier molecular flexibility index (Phi) is 8.63. The number of anilines is 1. The smallest absolute Gasteiger partial charge is 0.251 e. The van der Waals surface area contributed by atoms with E-state index >= 15 is 0 Å². The molecule has 12 heteroatoms. The number of nitrogens with zero attached hydrogens (tertiary/aromatic N) is 5. The van der Waals surface area contributed by atoms with Crippen LogP contribution in [0.25, 0.3) is 0 Å². The van der Waals surface area contributed by atoms with Crippen molar-refractivity contribution < 1.29 is 14.3 Å². The van der Waals surface area contributed by atoms with Crippen molar-refractivity contribution in [3.63, 3.8) is 0 Å². The first-order valence-corrected chi connectivity index (χ1v) is 12.9. The summed E-state index contributed by atoms with van der Waals surface area (Å²) in [5.74, 6) is 0.995. The van der Waals surface area contributed by atoms with Crippen LogP contribution in [0.2, 0.25) is 0 Å². The second-order valence-electron chi connectivity index (χ2n) is 7.66. The molecule has 0 fully saturated rings. The van der Waals surface area contributed by atoms with Gasteiger partial charge in [-0.15, -0.1) is 20.4 Å². The lowest BCUT2D eigenvalue weighted by Crippen LogP contribution is -2.25. The van der Waals surface area contributed by atoms with E-state index in [0.717, 1.165) is 11.4 Å². The number of hydrogen-bond acceptors (Lipinski definition) is 9. The first-order chi connectivity index (χ1) is 17.5. The van der Waals surface area contributed by atoms with E-state index in [1.165, 1.54) is 28.7 Å². The number of benzene rings is 2. The zero-order valence-electron chi connectivity index (χ0n) is 19.8. The molecule has 0 aliphatic rings. The maximum Gasteiger partial charge on any atom is 0.251 e. The molecule has 0 aliphatic carbocycles. The van der Waals surface area contributed by atoms with Gasteiger partial charge in [0.05, 0.1) is 19.4 Å². The summed E-state index contributed by atoms with van der Waals surface area (Å²) in [5, 5.41) is 23.9. The number of hydrogen-bond donors (Lipinski definition) is 2. The van der Waals surface area contributed by atoms with Gasteiger partial charge in [0.1, 0.15) is 10.8 Å². The number of aromatic nitrogens is 5. The Morgan fingerprint density at radius 2 is 1.81 bits per heavy atom. The molecule has 0 atom stereocenters. The summed E-state index contributed by atoms with van der Waals surface area (Å²) in [6, 6.07) is 16.9. The van der Waals surface area contributed by atoms with Gasteiger partial charge < -0.3 is 14.6 Å². The normalized spacial score (nSPS) is 10.7. The number of amides is 2. The lowest BCUT2D eigenvalue weighted by atomic mass is 10.1. The van der Waals surface area contributed by atoms with Gasteiger partial charge in [-0.05, 0) is 43.2 Å². The van der Waals surface area contributed by atoms with Crippen LogP contribution in [0.15, 0.2) is 59.8 Å². The molecule has 0 saturated heterocycles. The monoisotopic (exact) mass is 523 g/mol. The number of carbonyl (C=O) groups is 2. The Morgan fingerprint density at radius 1 is 1.03 bits per heavy atom. The minimum Gasteiger partial charge on any atom is -0.497 e. The average molecular weight is 524 g/mol. The minimum atomic E-state index is -0.226. The quantitative estimate of drug-likeness (QED) is 0.287. The first-order valence-electron chi connectivity index (χ1n) is 11.1. The van der Waals surface area contributed by atoms with Crippen LogP contribution < -0.4 is 15.4 Å². The summed E-state index contributed by atoms with van der Waals surface area (Å²) in [4.78, 5) is 25.0. The minimum absolute atomic E-state index is 0.139. The summed E-state index contributed by atoms with van der Waals surface area (Å²) in [6.45, 7) is 2.63. The Balaban J connectivity index is 1.42. The molecule has 4 rings (SSSR count). The fourth-order valence-electron chi connectivity index (χ4n) is 3.30. The van der Waals surface area contributed by atoms with E-state index in [0.29, 0.717) is 34.0 Å². The fourth-order valence-corrected chi connectivity index (χ4v) is 4.69. The Hall–Kier alpha value is -3.77. The van der Waals surface area contributed by atoms with Crippen LogP contribution in [0.3, 0.4) is 0 Å². The molecule has 0 bridgehead atoms. The van der Waals surface area contributed by atoms with E-state index in [1.54, 1.807) is 31.4 Å². The topological polar surface area (TPSA) is 124 Å². The molecule has 0 radical (unpaired) electrons. The Bertz CT molecular complexity index is 1310. The van der Waals surface area contributed by atoms with Crippen LogP contribution in [-0.4, -0.2) is 49.6 Å². The van der Waals surface area contributed by atoms with Crippen LogP contribution in [0.1, 0.15) is 26.8 Å². The highest BCUT2D eigenvalue weighted by atomic mass is 32.2. The third-order valence-corrected chi connectivity index (χ3v) is 6.85. The van der Waals surface area contributed by atoms with Crippen LogP contribution in [0.5, 0.6) is 5.75 Å². The first kappa shape index (κ1) is 25.3. The molecule has 0 spiro atoms. The standard InChI is InChI=1S/C24H25N7O3S2/c1-16-27-29-23(36-16)26-21(32)15-35-24-30-28-20(31(24)13-12-17-6-4-3-5-7-17)14-25-22(33)18-8-10-19(34-2)11-9-18/h3-11H,12-15H2,1-2H3,(H,25,33)(H,26,29,32). The SMILES string of the molecule is COc1ccc(C(=O)NCc2nnc(SCC(=O)Nc3nnc(C)s3)n2CCc2ccccc2)cc1. The van der Waals surface area contributed by atoms with E-state index in [2.05, 4.69) is 43.2 Å². The zero-order chi connectivity index (χ0) is 25.3. The second-order valence-corrected chi connectivity index (χ2v) is 9.78. The average Bonchev–Trinajstić information content (AvgIpc) is 3.50. The van der Waals surface area contributed by atoms with Crippen LogP contribution in [0, 0.1) is 6.92 Å². The molecule has 2 heterocycles. The highest BCUT2D eigenvalue weighted by Gasteiger charge is 2.16. The van der Waals surface area contributed by atoms with E-state index in [-0.39, 0.29) is 24.1 Å². The summed E-state index contributed by atoms with van der Waals surface area (Å²) >= 11 is 2.60. The lowest BCUT2D eigenvalue weighted by molar-refractivity contribution is -0.113. The van der Waals surface area contributed by atoms with Gasteiger partial charge in [-0.2, -0.15) is 0 Å². The van der Waals surface area contributed by atoms with Crippen molar-refractivity contribution in [3.8, 4) is 5.75 Å². The molecular weight excluding hydrogens is 498 g/mol. The maximum atomic E-state index is 12.6. The van der Waals surface area contributed by atoms with Crippen molar-refractivity contribution in [3.05, 3.63) is 76.6 Å². The van der Waals surface area contributed by atoms with E-state index in [4.69, 9.17) is 4.74 Å². The molecule has 0 unspecified atom stereocenters. The molecule has 36 heavy (non-hydrogen) atoms. The van der Waals surface area contributed by atoms with Crippen LogP contribution in [0.4, 0.5) is 5.13 Å². The van der Waals surface area contributed by atoms with Gasteiger partial charge in [0.15, 0.2) is 11.0 Å². The number of thioether (sulfide) groups is 1. The number of rotatable bonds is 11. The van der Waals surface area contributed by atoms with Gasteiger partial charge in [-0.25, -0.2) is 0 Å². The van der Waals surface area contributed by atoms with Crippen molar-refractivity contribution in [2.24, 2.45) is 0 Å². The van der Waals surface area contributed by atoms with Crippen molar-refractivity contribution in [1.82, 2.24) is 30.3 Å². The zero-order valence-corrected chi connectivity index (χ0v) is 21.4. The van der Waals surface area contributed by atoms with Crippen LogP contribution in [-0.2, 0) is 24.3 Å². The maximum absolute atomic E-state index is 12.6. The van der Waals surface area contributed by atoms with E-state index < -0.39 is 0 Å². The molecule has 2 aromatic carbocycles. The molecular formula is C24H25N7O3S2. The van der Waals surface area contributed by atoms with E-state index in [1.807, 2.05) is 29.7 Å². The highest BCUT2D eigenvalue weighted by Crippen LogP contribution is 2.20. The predicted molar refractivity (Wildman–Crippen MR) is 138 cm³/mol. The number of nitrogens with one attached hydrogen (secondary N) is 2. The van der Waals surface area contributed by atoms with Crippen molar-refractivity contribution in [2.75, 3.05) is 18.2 Å². The van der Waals surface area contributed by atoms with Gasteiger partial charge in [-0.3, -0.25) is 14.9 Å². The molecule has 2 amide bonds. The fraction of sp³-hybridized carbons (Fsp3) is 0.250. The van der Waals surface area contributed by atoms with Gasteiger partial charge in [0.25, 0.3) is 5.91 Å². The number of ether oxygens (including phenoxy) is 1. The van der Waals surface area contributed by atoms with Crippen molar-refractivity contribution in [2.45, 2.75) is 31.6 Å². The number of methoxy groups -OCH3 is 1. The third-order valence-electron chi connectivity index (χ3n) is 5.12. The van der Waals surface area contributed by atoms with Crippen LogP contribution >= 0.6 is 23.1 Å². The summed E-state index contributed by atoms with van der Waals surface area (Å²) in [7, 11) is 1.58. The number of carbonyl (C=O) groups excluding carboxylic acids is 2. The molecule has 0 aliphatic heterocycles. The van der Waals surface area contributed by atoms with Gasteiger partial charge in [-0.1, -0.05) is 53.4 Å².